The van der Waals surface area contributed by atoms with Gasteiger partial charge in [-0.2, -0.15) is 0 Å². The summed E-state index contributed by atoms with van der Waals surface area (Å²) < 4.78 is 0. The van der Waals surface area contributed by atoms with E-state index in [1.165, 1.54) is 4.90 Å². The van der Waals surface area contributed by atoms with E-state index in [4.69, 9.17) is 5.11 Å². The molecule has 0 saturated heterocycles. The number of hydrogen-bond donors (Lipinski definition) is 2. The average molecular weight is 299 g/mol. The number of carbonyl (C=O) groups excluding carboxylic acids is 2. The number of rotatable bonds is 9. The number of nitrogens with one attached hydrogen (secondary N) is 1. The Morgan fingerprint density at radius 1 is 1.29 bits per heavy atom. The van der Waals surface area contributed by atoms with Crippen molar-refractivity contribution in [3.05, 3.63) is 0 Å². The second kappa shape index (κ2) is 7.97. The van der Waals surface area contributed by atoms with Gasteiger partial charge in [0.15, 0.2) is 0 Å². The number of carbonyl (C=O) groups is 3. The first-order valence-corrected chi connectivity index (χ1v) is 7.35. The number of carboxylic acids is 1. The van der Waals surface area contributed by atoms with Gasteiger partial charge in [0.25, 0.3) is 0 Å². The van der Waals surface area contributed by atoms with Gasteiger partial charge in [-0.05, 0) is 32.7 Å². The Labute approximate surface area is 125 Å². The van der Waals surface area contributed by atoms with Crippen LogP contribution in [0.1, 0.15) is 33.1 Å². The normalized spacial score (nSPS) is 15.6. The minimum atomic E-state index is -0.961. The molecule has 1 fully saturated rings. The first-order chi connectivity index (χ1) is 9.85. The van der Waals surface area contributed by atoms with Crippen molar-refractivity contribution in [3.8, 4) is 0 Å². The maximum atomic E-state index is 12.3. The maximum Gasteiger partial charge on any atom is 0.317 e. The highest BCUT2D eigenvalue weighted by molar-refractivity contribution is 5.87. The van der Waals surface area contributed by atoms with Crippen molar-refractivity contribution in [3.63, 3.8) is 0 Å². The van der Waals surface area contributed by atoms with Crippen LogP contribution >= 0.6 is 0 Å². The van der Waals surface area contributed by atoms with Gasteiger partial charge < -0.3 is 15.3 Å². The highest BCUT2D eigenvalue weighted by Gasteiger charge is 2.28. The number of nitrogens with zero attached hydrogens (tertiary/aromatic N) is 2. The molecular formula is C14H25N3O4. The van der Waals surface area contributed by atoms with Crippen LogP contribution in [-0.2, 0) is 14.4 Å². The molecule has 1 atom stereocenters. The molecule has 1 aliphatic carbocycles. The Morgan fingerprint density at radius 2 is 1.90 bits per heavy atom. The monoisotopic (exact) mass is 299 g/mol. The largest absolute Gasteiger partial charge is 0.480 e. The van der Waals surface area contributed by atoms with Crippen LogP contribution in [0, 0.1) is 0 Å². The highest BCUT2D eigenvalue weighted by Crippen LogP contribution is 2.18. The van der Waals surface area contributed by atoms with Crippen molar-refractivity contribution < 1.29 is 19.5 Å². The molecule has 1 aliphatic rings. The summed E-state index contributed by atoms with van der Waals surface area (Å²) in [5.74, 6) is -1.37. The smallest absolute Gasteiger partial charge is 0.317 e. The van der Waals surface area contributed by atoms with Crippen molar-refractivity contribution in [2.24, 2.45) is 0 Å². The lowest BCUT2D eigenvalue weighted by molar-refractivity contribution is -0.143. The summed E-state index contributed by atoms with van der Waals surface area (Å²) in [6, 6.07) is -0.290. The summed E-state index contributed by atoms with van der Waals surface area (Å²) in [5, 5.41) is 11.7. The van der Waals surface area contributed by atoms with Crippen LogP contribution in [0.3, 0.4) is 0 Å². The van der Waals surface area contributed by atoms with E-state index in [9.17, 15) is 14.4 Å². The average Bonchev–Trinajstić information content (AvgIpc) is 3.19. The number of hydrogen-bond acceptors (Lipinski definition) is 4. The molecule has 0 radical (unpaired) electrons. The first-order valence-electron chi connectivity index (χ1n) is 7.35. The molecule has 0 aromatic rings. The Bertz CT molecular complexity index is 396. The Hall–Kier alpha value is -1.63. The number of carboxylic acid groups (broad SMARTS) is 1. The number of amides is 2. The van der Waals surface area contributed by atoms with Gasteiger partial charge in [-0.25, -0.2) is 0 Å². The lowest BCUT2D eigenvalue weighted by Crippen LogP contribution is -2.50. The van der Waals surface area contributed by atoms with E-state index in [0.717, 1.165) is 19.3 Å². The summed E-state index contributed by atoms with van der Waals surface area (Å²) >= 11 is 0. The highest BCUT2D eigenvalue weighted by atomic mass is 16.4. The Kier molecular flexibility index (Phi) is 6.61. The lowest BCUT2D eigenvalue weighted by Gasteiger charge is -2.29. The summed E-state index contributed by atoms with van der Waals surface area (Å²) in [6.07, 6.45) is 2.77. The molecule has 0 aromatic carbocycles. The van der Waals surface area contributed by atoms with Crippen molar-refractivity contribution in [1.82, 2.24) is 15.1 Å². The van der Waals surface area contributed by atoms with Crippen molar-refractivity contribution >= 4 is 17.8 Å². The first kappa shape index (κ1) is 17.4. The van der Waals surface area contributed by atoms with Crippen molar-refractivity contribution in [2.75, 3.05) is 26.7 Å². The zero-order valence-corrected chi connectivity index (χ0v) is 13.0. The second-order valence-electron chi connectivity index (χ2n) is 5.58. The zero-order chi connectivity index (χ0) is 16.0. The van der Waals surface area contributed by atoms with E-state index >= 15 is 0 Å². The molecule has 0 heterocycles. The SMILES string of the molecule is CCCN(CC(=O)O)C(C)C(=O)N(C)CC(=O)NC1CC1. The third-order valence-corrected chi connectivity index (χ3v) is 3.45. The van der Waals surface area contributed by atoms with Gasteiger partial charge in [0.2, 0.25) is 11.8 Å². The molecular weight excluding hydrogens is 274 g/mol. The summed E-state index contributed by atoms with van der Waals surface area (Å²) in [6.45, 7) is 3.96. The van der Waals surface area contributed by atoms with Crippen molar-refractivity contribution in [2.45, 2.75) is 45.2 Å². The molecule has 0 aromatic heterocycles. The van der Waals surface area contributed by atoms with Crippen LogP contribution in [0.15, 0.2) is 0 Å². The maximum absolute atomic E-state index is 12.3. The van der Waals surface area contributed by atoms with Gasteiger partial charge >= 0.3 is 5.97 Å². The molecule has 7 heteroatoms. The number of likely N-dealkylation sites (N-methyl/N-ethyl adjacent to an activating group) is 1. The van der Waals surface area contributed by atoms with Crippen LogP contribution in [-0.4, -0.2) is 71.5 Å². The van der Waals surface area contributed by atoms with Crippen molar-refractivity contribution in [1.29, 1.82) is 0 Å². The molecule has 1 rings (SSSR count). The molecule has 1 saturated carbocycles. The van der Waals surface area contributed by atoms with E-state index in [-0.39, 0.29) is 30.9 Å². The number of aliphatic carboxylic acids is 1. The van der Waals surface area contributed by atoms with E-state index in [1.807, 2.05) is 6.92 Å². The summed E-state index contributed by atoms with van der Waals surface area (Å²) in [5.41, 5.74) is 0. The molecule has 0 spiro atoms. The fourth-order valence-electron chi connectivity index (χ4n) is 2.14. The Balaban J connectivity index is 2.51. The van der Waals surface area contributed by atoms with Gasteiger partial charge in [0.1, 0.15) is 0 Å². The zero-order valence-electron chi connectivity index (χ0n) is 13.0. The van der Waals surface area contributed by atoms with Crippen LogP contribution in [0.2, 0.25) is 0 Å². The molecule has 120 valence electrons. The molecule has 21 heavy (non-hydrogen) atoms. The van der Waals surface area contributed by atoms with Gasteiger partial charge in [0.05, 0.1) is 19.1 Å². The molecule has 2 amide bonds. The fraction of sp³-hybridized carbons (Fsp3) is 0.786. The van der Waals surface area contributed by atoms with Crippen LogP contribution in [0.25, 0.3) is 0 Å². The fourth-order valence-corrected chi connectivity index (χ4v) is 2.14. The quantitative estimate of drug-likeness (QED) is 0.621. The minimum Gasteiger partial charge on any atom is -0.480 e. The van der Waals surface area contributed by atoms with Gasteiger partial charge in [0, 0.05) is 13.1 Å². The third-order valence-electron chi connectivity index (χ3n) is 3.45. The predicted molar refractivity (Wildman–Crippen MR) is 77.8 cm³/mol. The topological polar surface area (TPSA) is 90.0 Å². The van der Waals surface area contributed by atoms with Crippen LogP contribution in [0.5, 0.6) is 0 Å². The van der Waals surface area contributed by atoms with E-state index < -0.39 is 12.0 Å². The molecule has 0 aliphatic heterocycles. The molecule has 1 unspecified atom stereocenters. The van der Waals surface area contributed by atoms with E-state index in [0.29, 0.717) is 6.54 Å². The predicted octanol–water partition coefficient (Wildman–Crippen LogP) is -0.0915. The molecule has 0 bridgehead atoms. The Morgan fingerprint density at radius 3 is 2.38 bits per heavy atom. The molecule has 7 nitrogen and oxygen atoms in total. The van der Waals surface area contributed by atoms with Crippen LogP contribution in [0.4, 0.5) is 0 Å². The summed E-state index contributed by atoms with van der Waals surface area (Å²) in [7, 11) is 1.57. The summed E-state index contributed by atoms with van der Waals surface area (Å²) in [4.78, 5) is 37.8. The van der Waals surface area contributed by atoms with E-state index in [2.05, 4.69) is 5.32 Å². The third kappa shape index (κ3) is 6.12. The van der Waals surface area contributed by atoms with Gasteiger partial charge in [-0.3, -0.25) is 19.3 Å². The van der Waals surface area contributed by atoms with Crippen LogP contribution < -0.4 is 5.32 Å². The minimum absolute atomic E-state index is 0.00666. The van der Waals surface area contributed by atoms with Gasteiger partial charge in [-0.1, -0.05) is 6.92 Å². The standard InChI is InChI=1S/C14H25N3O4/c1-4-7-17(9-13(19)20)10(2)14(21)16(3)8-12(18)15-11-5-6-11/h10-11H,4-9H2,1-3H3,(H,15,18)(H,19,20). The molecule has 2 N–H and O–H groups in total. The lowest BCUT2D eigenvalue weighted by atomic mass is 10.2. The van der Waals surface area contributed by atoms with E-state index in [1.54, 1.807) is 18.9 Å². The second-order valence-corrected chi connectivity index (χ2v) is 5.58. The van der Waals surface area contributed by atoms with Gasteiger partial charge in [-0.15, -0.1) is 0 Å².